The molecule has 2 amide bonds. The van der Waals surface area contributed by atoms with Crippen LogP contribution >= 0.6 is 0 Å². The van der Waals surface area contributed by atoms with E-state index in [9.17, 15) is 9.59 Å². The van der Waals surface area contributed by atoms with Crippen LogP contribution in [0.5, 0.6) is 5.75 Å². The monoisotopic (exact) mass is 438 g/mol. The Hall–Kier alpha value is -3.24. The molecule has 2 aromatic rings. The number of anilines is 2. The summed E-state index contributed by atoms with van der Waals surface area (Å²) in [7, 11) is 0. The van der Waals surface area contributed by atoms with E-state index in [0.717, 1.165) is 18.7 Å². The molecule has 32 heavy (non-hydrogen) atoms. The van der Waals surface area contributed by atoms with Gasteiger partial charge in [-0.3, -0.25) is 14.7 Å². The van der Waals surface area contributed by atoms with Crippen LogP contribution in [0.25, 0.3) is 0 Å². The standard InChI is InChI=1S/C22H26N6O4/c1-12-16-8-13(20(23)15(16)5-7-25-12)9-24-6-4-14-10-28(22(30)32-14)18-3-2-17-21(26-18)27-19(29)11-31-17/h2-3,5,7,13-14,20,24H,4,6,8-11,23H2,1H3,(H,26,27,29). The molecule has 0 spiro atoms. The topological polar surface area (TPSA) is 132 Å². The van der Waals surface area contributed by atoms with E-state index in [1.807, 2.05) is 19.2 Å². The number of ether oxygens (including phenoxy) is 2. The summed E-state index contributed by atoms with van der Waals surface area (Å²) in [5.74, 6) is 1.28. The number of pyridine rings is 2. The zero-order valence-electron chi connectivity index (χ0n) is 17.8. The maximum Gasteiger partial charge on any atom is 0.415 e. The molecule has 3 unspecified atom stereocenters. The van der Waals surface area contributed by atoms with Crippen LogP contribution in [0.15, 0.2) is 24.4 Å². The highest BCUT2D eigenvalue weighted by molar-refractivity contribution is 5.95. The van der Waals surface area contributed by atoms with Gasteiger partial charge in [0.1, 0.15) is 11.9 Å². The predicted molar refractivity (Wildman–Crippen MR) is 117 cm³/mol. The molecule has 1 fully saturated rings. The smallest absolute Gasteiger partial charge is 0.415 e. The average Bonchev–Trinajstić information content (AvgIpc) is 3.31. The van der Waals surface area contributed by atoms with Crippen molar-refractivity contribution in [1.82, 2.24) is 15.3 Å². The van der Waals surface area contributed by atoms with Gasteiger partial charge in [-0.1, -0.05) is 0 Å². The lowest BCUT2D eigenvalue weighted by atomic mass is 10.0. The normalized spacial score (nSPS) is 23.9. The molecule has 1 aliphatic carbocycles. The van der Waals surface area contributed by atoms with Gasteiger partial charge in [0.2, 0.25) is 0 Å². The van der Waals surface area contributed by atoms with Gasteiger partial charge in [0.25, 0.3) is 5.91 Å². The molecular weight excluding hydrogens is 412 g/mol. The molecule has 10 heteroatoms. The number of aromatic nitrogens is 2. The van der Waals surface area contributed by atoms with Crippen LogP contribution < -0.4 is 26.0 Å². The van der Waals surface area contributed by atoms with E-state index in [-0.39, 0.29) is 24.7 Å². The summed E-state index contributed by atoms with van der Waals surface area (Å²) in [4.78, 5) is 34.1. The van der Waals surface area contributed by atoms with Gasteiger partial charge in [-0.15, -0.1) is 0 Å². The number of hydrogen-bond acceptors (Lipinski definition) is 8. The summed E-state index contributed by atoms with van der Waals surface area (Å²) in [6.07, 6.45) is 2.76. The molecule has 0 bridgehead atoms. The van der Waals surface area contributed by atoms with E-state index in [1.54, 1.807) is 12.1 Å². The highest BCUT2D eigenvalue weighted by atomic mass is 16.6. The Morgan fingerprint density at radius 2 is 2.19 bits per heavy atom. The number of nitrogens with two attached hydrogens (primary N) is 1. The fourth-order valence-corrected chi connectivity index (χ4v) is 4.55. The fraction of sp³-hybridized carbons (Fsp3) is 0.455. The summed E-state index contributed by atoms with van der Waals surface area (Å²) < 4.78 is 10.8. The minimum atomic E-state index is -0.443. The van der Waals surface area contributed by atoms with Gasteiger partial charge < -0.3 is 25.8 Å². The largest absolute Gasteiger partial charge is 0.480 e. The summed E-state index contributed by atoms with van der Waals surface area (Å²) in [5, 5.41) is 6.12. The second kappa shape index (κ2) is 8.36. The lowest BCUT2D eigenvalue weighted by Crippen LogP contribution is -2.32. The molecule has 2 aromatic heterocycles. The quantitative estimate of drug-likeness (QED) is 0.575. The molecule has 0 saturated carbocycles. The molecule has 10 nitrogen and oxygen atoms in total. The Morgan fingerprint density at radius 3 is 3.03 bits per heavy atom. The molecule has 5 rings (SSSR count). The lowest BCUT2D eigenvalue weighted by molar-refractivity contribution is -0.118. The van der Waals surface area contributed by atoms with Gasteiger partial charge in [0.15, 0.2) is 18.2 Å². The third-order valence-electron chi connectivity index (χ3n) is 6.30. The Bertz CT molecular complexity index is 1060. The number of carbonyl (C=O) groups excluding carboxylic acids is 2. The van der Waals surface area contributed by atoms with Crippen molar-refractivity contribution >= 4 is 23.6 Å². The summed E-state index contributed by atoms with van der Waals surface area (Å²) in [6.45, 7) is 3.90. The number of carbonyl (C=O) groups is 2. The van der Waals surface area contributed by atoms with E-state index < -0.39 is 6.09 Å². The average molecular weight is 438 g/mol. The number of hydrogen-bond donors (Lipinski definition) is 3. The predicted octanol–water partition coefficient (Wildman–Crippen LogP) is 1.29. The number of nitrogens with one attached hydrogen (secondary N) is 2. The van der Waals surface area contributed by atoms with Crippen LogP contribution in [0.4, 0.5) is 16.4 Å². The van der Waals surface area contributed by atoms with Crippen molar-refractivity contribution < 1.29 is 19.1 Å². The molecule has 0 radical (unpaired) electrons. The molecule has 2 aliphatic heterocycles. The lowest BCUT2D eigenvalue weighted by Gasteiger charge is -2.19. The van der Waals surface area contributed by atoms with Crippen molar-refractivity contribution in [2.45, 2.75) is 31.9 Å². The fourth-order valence-electron chi connectivity index (χ4n) is 4.55. The first-order valence-electron chi connectivity index (χ1n) is 10.8. The minimum Gasteiger partial charge on any atom is -0.480 e. The zero-order valence-corrected chi connectivity index (χ0v) is 17.8. The highest BCUT2D eigenvalue weighted by Crippen LogP contribution is 2.35. The first-order chi connectivity index (χ1) is 15.5. The number of cyclic esters (lactones) is 1. The van der Waals surface area contributed by atoms with E-state index in [4.69, 9.17) is 15.2 Å². The number of nitrogens with zero attached hydrogens (tertiary/aromatic N) is 3. The van der Waals surface area contributed by atoms with Gasteiger partial charge in [0, 0.05) is 24.5 Å². The van der Waals surface area contributed by atoms with Crippen LogP contribution in [0, 0.1) is 12.8 Å². The van der Waals surface area contributed by atoms with Gasteiger partial charge in [-0.2, -0.15) is 0 Å². The summed E-state index contributed by atoms with van der Waals surface area (Å²) in [6, 6.07) is 5.41. The summed E-state index contributed by atoms with van der Waals surface area (Å²) in [5.41, 5.74) is 9.96. The first-order valence-corrected chi connectivity index (χ1v) is 10.8. The van der Waals surface area contributed by atoms with E-state index >= 15 is 0 Å². The minimum absolute atomic E-state index is 0.0125. The third-order valence-corrected chi connectivity index (χ3v) is 6.30. The van der Waals surface area contributed by atoms with Crippen molar-refractivity contribution in [1.29, 1.82) is 0 Å². The zero-order chi connectivity index (χ0) is 22.2. The van der Waals surface area contributed by atoms with Gasteiger partial charge in [-0.25, -0.2) is 9.78 Å². The van der Waals surface area contributed by atoms with Crippen molar-refractivity contribution in [3.63, 3.8) is 0 Å². The van der Waals surface area contributed by atoms with Crippen molar-refractivity contribution in [2.75, 3.05) is 36.5 Å². The van der Waals surface area contributed by atoms with Gasteiger partial charge in [-0.05, 0) is 61.6 Å². The molecule has 4 heterocycles. The number of rotatable bonds is 6. The second-order valence-corrected chi connectivity index (χ2v) is 8.42. The molecule has 0 aromatic carbocycles. The van der Waals surface area contributed by atoms with Crippen molar-refractivity contribution in [3.05, 3.63) is 41.2 Å². The van der Waals surface area contributed by atoms with Crippen LogP contribution in [0.2, 0.25) is 0 Å². The van der Waals surface area contributed by atoms with Gasteiger partial charge in [0.05, 0.1) is 6.54 Å². The van der Waals surface area contributed by atoms with E-state index in [0.29, 0.717) is 42.8 Å². The molecule has 4 N–H and O–H groups in total. The number of aryl methyl sites for hydroxylation is 1. The molecule has 1 saturated heterocycles. The Balaban J connectivity index is 1.12. The van der Waals surface area contributed by atoms with Crippen molar-refractivity contribution in [3.8, 4) is 5.75 Å². The van der Waals surface area contributed by atoms with Crippen LogP contribution in [-0.2, 0) is 16.0 Å². The maximum absolute atomic E-state index is 12.4. The van der Waals surface area contributed by atoms with Crippen LogP contribution in [0.3, 0.4) is 0 Å². The Labute approximate surface area is 185 Å². The number of amides is 2. The second-order valence-electron chi connectivity index (χ2n) is 8.42. The van der Waals surface area contributed by atoms with Crippen LogP contribution in [0.1, 0.15) is 29.3 Å². The van der Waals surface area contributed by atoms with Crippen LogP contribution in [-0.4, -0.2) is 54.3 Å². The number of fused-ring (bicyclic) bond motifs is 2. The highest BCUT2D eigenvalue weighted by Gasteiger charge is 2.34. The molecule has 3 atom stereocenters. The Morgan fingerprint density at radius 1 is 1.31 bits per heavy atom. The third kappa shape index (κ3) is 3.87. The molecule has 168 valence electrons. The maximum atomic E-state index is 12.4. The SMILES string of the molecule is Cc1nccc2c1CC(CNCCC1CN(c3ccc4c(n3)NC(=O)CO4)C(=O)O1)C2N. The van der Waals surface area contributed by atoms with E-state index in [2.05, 4.69) is 20.6 Å². The Kier molecular flexibility index (Phi) is 5.40. The van der Waals surface area contributed by atoms with E-state index in [1.165, 1.54) is 16.0 Å². The molecule has 3 aliphatic rings. The van der Waals surface area contributed by atoms with Gasteiger partial charge >= 0.3 is 6.09 Å². The first kappa shape index (κ1) is 20.7. The van der Waals surface area contributed by atoms with Crippen molar-refractivity contribution in [2.24, 2.45) is 11.7 Å². The summed E-state index contributed by atoms with van der Waals surface area (Å²) >= 11 is 0. The molecular formula is C22H26N6O4.